The average Bonchev–Trinajstić information content (AvgIpc) is 2.69. The maximum atomic E-state index is 6.10. The van der Waals surface area contributed by atoms with Crippen molar-refractivity contribution in [2.45, 2.75) is 0 Å². The zero-order valence-electron chi connectivity index (χ0n) is 13.2. The monoisotopic (exact) mass is 344 g/mol. The third-order valence-electron chi connectivity index (χ3n) is 3.74. The summed E-state index contributed by atoms with van der Waals surface area (Å²) in [6.45, 7) is 0. The molecule has 0 unspecified atom stereocenters. The normalized spacial score (nSPS) is 10.6. The molecule has 4 rings (SSSR count). The predicted molar refractivity (Wildman–Crippen MR) is 98.9 cm³/mol. The summed E-state index contributed by atoms with van der Waals surface area (Å²) in [4.78, 5) is 17.4. The van der Waals surface area contributed by atoms with E-state index in [2.05, 4.69) is 19.9 Å². The van der Waals surface area contributed by atoms with Crippen LogP contribution in [0, 0.1) is 0 Å². The molecule has 2 aromatic carbocycles. The third-order valence-corrected chi connectivity index (χ3v) is 3.91. The Morgan fingerprint density at radius 1 is 0.560 bits per heavy atom. The van der Waals surface area contributed by atoms with E-state index in [4.69, 9.17) is 11.6 Å². The van der Waals surface area contributed by atoms with Crippen LogP contribution in [0.1, 0.15) is 0 Å². The molecule has 0 bridgehead atoms. The van der Waals surface area contributed by atoms with E-state index >= 15 is 0 Å². The largest absolute Gasteiger partial charge is 0.256 e. The van der Waals surface area contributed by atoms with E-state index in [1.807, 2.05) is 72.8 Å². The van der Waals surface area contributed by atoms with E-state index in [1.54, 1.807) is 6.20 Å². The summed E-state index contributed by atoms with van der Waals surface area (Å²) in [5.41, 5.74) is 3.74. The molecule has 0 aliphatic rings. The minimum absolute atomic E-state index is 0.178. The van der Waals surface area contributed by atoms with Gasteiger partial charge in [0.05, 0.1) is 5.69 Å². The van der Waals surface area contributed by atoms with Crippen LogP contribution in [-0.2, 0) is 0 Å². The number of hydrogen-bond acceptors (Lipinski definition) is 4. The minimum atomic E-state index is 0.178. The third kappa shape index (κ3) is 3.39. The van der Waals surface area contributed by atoms with E-state index in [0.29, 0.717) is 11.6 Å². The van der Waals surface area contributed by atoms with Crippen LogP contribution in [-0.4, -0.2) is 19.9 Å². The average molecular weight is 345 g/mol. The van der Waals surface area contributed by atoms with Crippen LogP contribution < -0.4 is 0 Å². The summed E-state index contributed by atoms with van der Waals surface area (Å²) < 4.78 is 0. The van der Waals surface area contributed by atoms with Gasteiger partial charge in [-0.25, -0.2) is 4.98 Å². The number of nitrogens with zero attached hydrogens (tertiary/aromatic N) is 4. The standard InChI is InChI=1S/C20H13ClN4/c21-20-24-18(15-6-2-1-3-7-15)23-19(25-20)16-11-9-14(10-12-16)17-8-4-5-13-22-17/h1-13H. The topological polar surface area (TPSA) is 51.6 Å². The van der Waals surface area contributed by atoms with Crippen molar-refractivity contribution in [3.8, 4) is 34.0 Å². The van der Waals surface area contributed by atoms with Crippen molar-refractivity contribution in [3.05, 3.63) is 84.3 Å². The fourth-order valence-electron chi connectivity index (χ4n) is 2.52. The molecule has 5 heteroatoms. The van der Waals surface area contributed by atoms with Gasteiger partial charge in [-0.05, 0) is 23.7 Å². The van der Waals surface area contributed by atoms with Gasteiger partial charge in [-0.1, -0.05) is 60.7 Å². The number of rotatable bonds is 3. The van der Waals surface area contributed by atoms with Crippen LogP contribution >= 0.6 is 11.6 Å². The molecule has 0 fully saturated rings. The molecule has 4 aromatic rings. The van der Waals surface area contributed by atoms with Gasteiger partial charge in [0.1, 0.15) is 0 Å². The van der Waals surface area contributed by atoms with Crippen molar-refractivity contribution in [1.29, 1.82) is 0 Å². The molecule has 2 aromatic heterocycles. The molecular weight excluding hydrogens is 332 g/mol. The highest BCUT2D eigenvalue weighted by molar-refractivity contribution is 6.28. The first kappa shape index (κ1) is 15.4. The summed E-state index contributed by atoms with van der Waals surface area (Å²) in [6.07, 6.45) is 1.78. The Balaban J connectivity index is 1.71. The second-order valence-corrected chi connectivity index (χ2v) is 5.75. The lowest BCUT2D eigenvalue weighted by atomic mass is 10.1. The highest BCUT2D eigenvalue weighted by Gasteiger charge is 2.09. The first-order valence-electron chi connectivity index (χ1n) is 7.78. The van der Waals surface area contributed by atoms with Gasteiger partial charge in [0.2, 0.25) is 5.28 Å². The van der Waals surface area contributed by atoms with Gasteiger partial charge < -0.3 is 0 Å². The van der Waals surface area contributed by atoms with E-state index in [9.17, 15) is 0 Å². The van der Waals surface area contributed by atoms with Crippen molar-refractivity contribution in [3.63, 3.8) is 0 Å². The van der Waals surface area contributed by atoms with Gasteiger partial charge in [0, 0.05) is 22.9 Å². The molecular formula is C20H13ClN4. The first-order chi connectivity index (χ1) is 12.3. The molecule has 0 saturated heterocycles. The van der Waals surface area contributed by atoms with Crippen molar-refractivity contribution in [1.82, 2.24) is 19.9 Å². The Labute approximate surface area is 150 Å². The van der Waals surface area contributed by atoms with E-state index in [1.165, 1.54) is 0 Å². The molecule has 4 nitrogen and oxygen atoms in total. The summed E-state index contributed by atoms with van der Waals surface area (Å²) in [5.74, 6) is 1.11. The van der Waals surface area contributed by atoms with Crippen LogP contribution in [0.3, 0.4) is 0 Å². The number of halogens is 1. The summed E-state index contributed by atoms with van der Waals surface area (Å²) in [5, 5.41) is 0.178. The molecule has 0 N–H and O–H groups in total. The van der Waals surface area contributed by atoms with Crippen LogP contribution in [0.5, 0.6) is 0 Å². The summed E-state index contributed by atoms with van der Waals surface area (Å²) in [6, 6.07) is 23.5. The van der Waals surface area contributed by atoms with Crippen LogP contribution in [0.4, 0.5) is 0 Å². The molecule has 2 heterocycles. The van der Waals surface area contributed by atoms with Gasteiger partial charge in [0.25, 0.3) is 0 Å². The SMILES string of the molecule is Clc1nc(-c2ccccc2)nc(-c2ccc(-c3ccccn3)cc2)n1. The fourth-order valence-corrected chi connectivity index (χ4v) is 2.68. The smallest absolute Gasteiger partial charge is 0.226 e. The number of aromatic nitrogens is 4. The van der Waals surface area contributed by atoms with E-state index in [0.717, 1.165) is 22.4 Å². The lowest BCUT2D eigenvalue weighted by molar-refractivity contribution is 1.07. The first-order valence-corrected chi connectivity index (χ1v) is 8.16. The highest BCUT2D eigenvalue weighted by Crippen LogP contribution is 2.24. The minimum Gasteiger partial charge on any atom is -0.256 e. The van der Waals surface area contributed by atoms with Gasteiger partial charge in [0.15, 0.2) is 11.6 Å². The Hall–Kier alpha value is -3.11. The Morgan fingerprint density at radius 2 is 1.16 bits per heavy atom. The fraction of sp³-hybridized carbons (Fsp3) is 0. The molecule has 120 valence electrons. The molecule has 0 atom stereocenters. The molecule has 0 saturated carbocycles. The maximum absolute atomic E-state index is 6.10. The van der Waals surface area contributed by atoms with Crippen molar-refractivity contribution in [2.75, 3.05) is 0 Å². The van der Waals surface area contributed by atoms with Gasteiger partial charge >= 0.3 is 0 Å². The number of hydrogen-bond donors (Lipinski definition) is 0. The summed E-state index contributed by atoms with van der Waals surface area (Å²) >= 11 is 6.10. The second kappa shape index (κ2) is 6.79. The Bertz CT molecular complexity index is 987. The lowest BCUT2D eigenvalue weighted by Gasteiger charge is -2.06. The predicted octanol–water partition coefficient (Wildman–Crippen LogP) is 4.92. The second-order valence-electron chi connectivity index (χ2n) is 5.41. The number of benzene rings is 2. The van der Waals surface area contributed by atoms with Gasteiger partial charge in [-0.3, -0.25) is 4.98 Å². The van der Waals surface area contributed by atoms with Crippen LogP contribution in [0.15, 0.2) is 79.0 Å². The van der Waals surface area contributed by atoms with Crippen LogP contribution in [0.25, 0.3) is 34.0 Å². The van der Waals surface area contributed by atoms with Crippen molar-refractivity contribution < 1.29 is 0 Å². The molecule has 0 spiro atoms. The van der Waals surface area contributed by atoms with Crippen molar-refractivity contribution >= 4 is 11.6 Å². The Morgan fingerprint density at radius 3 is 1.80 bits per heavy atom. The van der Waals surface area contributed by atoms with Gasteiger partial charge in [-0.2, -0.15) is 9.97 Å². The zero-order chi connectivity index (χ0) is 17.1. The highest BCUT2D eigenvalue weighted by atomic mass is 35.5. The van der Waals surface area contributed by atoms with E-state index in [-0.39, 0.29) is 5.28 Å². The zero-order valence-corrected chi connectivity index (χ0v) is 13.9. The van der Waals surface area contributed by atoms with E-state index < -0.39 is 0 Å². The molecule has 0 radical (unpaired) electrons. The molecule has 0 amide bonds. The maximum Gasteiger partial charge on any atom is 0.226 e. The quantitative estimate of drug-likeness (QED) is 0.529. The Kier molecular flexibility index (Phi) is 4.19. The van der Waals surface area contributed by atoms with Crippen LogP contribution in [0.2, 0.25) is 5.28 Å². The molecule has 0 aliphatic heterocycles. The van der Waals surface area contributed by atoms with Gasteiger partial charge in [-0.15, -0.1) is 0 Å². The van der Waals surface area contributed by atoms with Crippen molar-refractivity contribution in [2.24, 2.45) is 0 Å². The molecule has 0 aliphatic carbocycles. The summed E-state index contributed by atoms with van der Waals surface area (Å²) in [7, 11) is 0. The lowest BCUT2D eigenvalue weighted by Crippen LogP contribution is -1.97. The molecule has 25 heavy (non-hydrogen) atoms. The number of pyridine rings is 1.